The van der Waals surface area contributed by atoms with Crippen molar-refractivity contribution in [3.8, 4) is 0 Å². The van der Waals surface area contributed by atoms with Gasteiger partial charge in [-0.1, -0.05) is 0 Å². The number of esters is 1. The maximum absolute atomic E-state index is 11.3. The van der Waals surface area contributed by atoms with Gasteiger partial charge in [0.1, 0.15) is 18.2 Å². The highest BCUT2D eigenvalue weighted by molar-refractivity contribution is 5.81. The van der Waals surface area contributed by atoms with Gasteiger partial charge in [-0.2, -0.15) is 0 Å². The first-order valence-electron chi connectivity index (χ1n) is 4.87. The Morgan fingerprint density at radius 3 is 2.33 bits per heavy atom. The molecule has 0 amide bonds. The van der Waals surface area contributed by atoms with Crippen LogP contribution in [0.2, 0.25) is 0 Å². The van der Waals surface area contributed by atoms with Crippen molar-refractivity contribution in [2.24, 2.45) is 5.73 Å². The van der Waals surface area contributed by atoms with Crippen molar-refractivity contribution >= 4 is 11.8 Å². The first-order valence-corrected chi connectivity index (χ1v) is 4.87. The summed E-state index contributed by atoms with van der Waals surface area (Å²) in [6.07, 6.45) is 0.297. The van der Waals surface area contributed by atoms with Crippen molar-refractivity contribution in [2.75, 3.05) is 6.61 Å². The van der Waals surface area contributed by atoms with Crippen molar-refractivity contribution in [1.82, 2.24) is 0 Å². The van der Waals surface area contributed by atoms with Crippen LogP contribution in [-0.2, 0) is 14.3 Å². The normalized spacial score (nSPS) is 13.4. The molecule has 0 aromatic heterocycles. The molecular formula is C10H19NO4. The third-order valence-electron chi connectivity index (χ3n) is 1.62. The second-order valence-electron chi connectivity index (χ2n) is 4.38. The lowest BCUT2D eigenvalue weighted by atomic mass is 10.1. The van der Waals surface area contributed by atoms with Gasteiger partial charge in [0.25, 0.3) is 0 Å². The van der Waals surface area contributed by atoms with Crippen LogP contribution >= 0.6 is 0 Å². The Kier molecular flexibility index (Phi) is 5.46. The minimum atomic E-state index is -0.806. The lowest BCUT2D eigenvalue weighted by Crippen LogP contribution is -2.37. The van der Waals surface area contributed by atoms with Gasteiger partial charge in [-0.3, -0.25) is 9.59 Å². The smallest absolute Gasteiger partial charge is 0.323 e. The third kappa shape index (κ3) is 7.04. The number of rotatable bonds is 5. The SMILES string of the molecule is CC(C)(C)OC(=O)[C@@H](N)CCC(=O)CO. The van der Waals surface area contributed by atoms with E-state index in [9.17, 15) is 9.59 Å². The number of hydrogen-bond acceptors (Lipinski definition) is 5. The molecule has 0 spiro atoms. The van der Waals surface area contributed by atoms with Gasteiger partial charge in [-0.25, -0.2) is 0 Å². The molecule has 0 aliphatic heterocycles. The summed E-state index contributed by atoms with van der Waals surface area (Å²) < 4.78 is 5.03. The van der Waals surface area contributed by atoms with Crippen LogP contribution in [0.1, 0.15) is 33.6 Å². The van der Waals surface area contributed by atoms with Crippen molar-refractivity contribution in [1.29, 1.82) is 0 Å². The van der Waals surface area contributed by atoms with Crippen LogP contribution in [0.5, 0.6) is 0 Å². The molecule has 0 unspecified atom stereocenters. The highest BCUT2D eigenvalue weighted by Crippen LogP contribution is 2.09. The molecule has 88 valence electrons. The summed E-state index contributed by atoms with van der Waals surface area (Å²) in [5.74, 6) is -0.845. The van der Waals surface area contributed by atoms with Gasteiger partial charge in [0.05, 0.1) is 0 Å². The van der Waals surface area contributed by atoms with Gasteiger partial charge in [-0.15, -0.1) is 0 Å². The van der Waals surface area contributed by atoms with Crippen molar-refractivity contribution in [3.05, 3.63) is 0 Å². The molecule has 1 atom stereocenters. The van der Waals surface area contributed by atoms with Crippen LogP contribution in [0, 0.1) is 0 Å². The Bertz CT molecular complexity index is 232. The fourth-order valence-corrected chi connectivity index (χ4v) is 0.891. The molecule has 3 N–H and O–H groups in total. The minimum absolute atomic E-state index is 0.0942. The number of ketones is 1. The van der Waals surface area contributed by atoms with E-state index in [0.29, 0.717) is 0 Å². The number of nitrogens with two attached hydrogens (primary N) is 1. The number of carbonyl (C=O) groups is 2. The Morgan fingerprint density at radius 1 is 1.40 bits per heavy atom. The average molecular weight is 217 g/mol. The maximum Gasteiger partial charge on any atom is 0.323 e. The van der Waals surface area contributed by atoms with Crippen molar-refractivity contribution in [2.45, 2.75) is 45.3 Å². The standard InChI is InChI=1S/C10H19NO4/c1-10(2,3)15-9(14)8(11)5-4-7(13)6-12/h8,12H,4-6,11H2,1-3H3/t8-/m0/s1. The van der Waals surface area contributed by atoms with E-state index in [1.54, 1.807) is 20.8 Å². The van der Waals surface area contributed by atoms with Crippen LogP contribution in [0.25, 0.3) is 0 Å². The van der Waals surface area contributed by atoms with E-state index in [1.807, 2.05) is 0 Å². The highest BCUT2D eigenvalue weighted by atomic mass is 16.6. The molecule has 0 saturated carbocycles. The van der Waals surface area contributed by atoms with Gasteiger partial charge in [0.2, 0.25) is 0 Å². The number of Topliss-reactive ketones (excluding diaryl/α,β-unsaturated/α-hetero) is 1. The van der Waals surface area contributed by atoms with Crippen LogP contribution in [-0.4, -0.2) is 35.1 Å². The Labute approximate surface area is 89.6 Å². The second-order valence-corrected chi connectivity index (χ2v) is 4.38. The van der Waals surface area contributed by atoms with Gasteiger partial charge < -0.3 is 15.6 Å². The molecule has 5 heteroatoms. The summed E-state index contributed by atoms with van der Waals surface area (Å²) in [6, 6.07) is -0.806. The molecule has 0 saturated heterocycles. The van der Waals surface area contributed by atoms with E-state index in [-0.39, 0.29) is 18.6 Å². The zero-order chi connectivity index (χ0) is 12.1. The second kappa shape index (κ2) is 5.82. The van der Waals surface area contributed by atoms with Crippen LogP contribution in [0.3, 0.4) is 0 Å². The minimum Gasteiger partial charge on any atom is -0.459 e. The van der Waals surface area contributed by atoms with Crippen molar-refractivity contribution < 1.29 is 19.4 Å². The van der Waals surface area contributed by atoms with E-state index in [1.165, 1.54) is 0 Å². The molecule has 0 aromatic rings. The number of ether oxygens (including phenoxy) is 1. The van der Waals surface area contributed by atoms with E-state index in [2.05, 4.69) is 0 Å². The molecule has 15 heavy (non-hydrogen) atoms. The molecule has 0 heterocycles. The first kappa shape index (κ1) is 14.1. The lowest BCUT2D eigenvalue weighted by Gasteiger charge is -2.21. The van der Waals surface area contributed by atoms with Crippen LogP contribution < -0.4 is 5.73 Å². The molecular weight excluding hydrogens is 198 g/mol. The first-order chi connectivity index (χ1) is 6.76. The number of carbonyl (C=O) groups excluding carboxylic acids is 2. The van der Waals surface area contributed by atoms with Crippen molar-refractivity contribution in [3.63, 3.8) is 0 Å². The van der Waals surface area contributed by atoms with E-state index < -0.39 is 24.2 Å². The topological polar surface area (TPSA) is 89.6 Å². The number of hydrogen-bond donors (Lipinski definition) is 2. The molecule has 0 aliphatic carbocycles. The quantitative estimate of drug-likeness (QED) is 0.632. The average Bonchev–Trinajstić information content (AvgIpc) is 2.10. The molecule has 5 nitrogen and oxygen atoms in total. The predicted molar refractivity (Wildman–Crippen MR) is 55.1 cm³/mol. The monoisotopic (exact) mass is 217 g/mol. The molecule has 0 fully saturated rings. The van der Waals surface area contributed by atoms with Crippen LogP contribution in [0.4, 0.5) is 0 Å². The maximum atomic E-state index is 11.3. The van der Waals surface area contributed by atoms with Gasteiger partial charge in [0.15, 0.2) is 5.78 Å². The highest BCUT2D eigenvalue weighted by Gasteiger charge is 2.22. The number of aliphatic hydroxyl groups is 1. The summed E-state index contributed by atoms with van der Waals surface area (Å²) in [6.45, 7) is 4.73. The molecule has 0 rings (SSSR count). The fraction of sp³-hybridized carbons (Fsp3) is 0.800. The Morgan fingerprint density at radius 2 is 1.93 bits per heavy atom. The largest absolute Gasteiger partial charge is 0.459 e. The third-order valence-corrected chi connectivity index (χ3v) is 1.62. The molecule has 0 aromatic carbocycles. The number of aliphatic hydroxyl groups excluding tert-OH is 1. The summed E-state index contributed by atoms with van der Waals surface area (Å²) in [5, 5.41) is 8.47. The zero-order valence-corrected chi connectivity index (χ0v) is 9.45. The van der Waals surface area contributed by atoms with Gasteiger partial charge in [-0.05, 0) is 27.2 Å². The van der Waals surface area contributed by atoms with Gasteiger partial charge in [0, 0.05) is 6.42 Å². The Balaban J connectivity index is 3.95. The van der Waals surface area contributed by atoms with E-state index >= 15 is 0 Å². The molecule has 0 bridgehead atoms. The van der Waals surface area contributed by atoms with E-state index in [0.717, 1.165) is 0 Å². The summed E-state index contributed by atoms with van der Waals surface area (Å²) in [4.78, 5) is 22.1. The van der Waals surface area contributed by atoms with Gasteiger partial charge >= 0.3 is 5.97 Å². The summed E-state index contributed by atoms with van der Waals surface area (Å²) in [5.41, 5.74) is 4.95. The summed E-state index contributed by atoms with van der Waals surface area (Å²) >= 11 is 0. The molecule has 0 aliphatic rings. The zero-order valence-electron chi connectivity index (χ0n) is 9.45. The van der Waals surface area contributed by atoms with Crippen LogP contribution in [0.15, 0.2) is 0 Å². The Hall–Kier alpha value is -0.940. The lowest BCUT2D eigenvalue weighted by molar-refractivity contribution is -0.156. The fourth-order valence-electron chi connectivity index (χ4n) is 0.891. The molecule has 0 radical (unpaired) electrons. The summed E-state index contributed by atoms with van der Waals surface area (Å²) in [7, 11) is 0. The predicted octanol–water partition coefficient (Wildman–Crippen LogP) is -0.00300. The van der Waals surface area contributed by atoms with E-state index in [4.69, 9.17) is 15.6 Å².